The molecule has 1 fully saturated rings. The van der Waals surface area contributed by atoms with E-state index < -0.39 is 18.6 Å². The first-order chi connectivity index (χ1) is 10.3. The molecule has 2 N–H and O–H groups in total. The lowest BCUT2D eigenvalue weighted by molar-refractivity contribution is -0.139. The third-order valence-electron chi connectivity index (χ3n) is 3.45. The molecule has 122 valence electrons. The van der Waals surface area contributed by atoms with Gasteiger partial charge in [-0.2, -0.15) is 13.2 Å². The van der Waals surface area contributed by atoms with Crippen LogP contribution in [0.15, 0.2) is 24.3 Å². The zero-order valence-corrected chi connectivity index (χ0v) is 11.9. The molecule has 2 rings (SSSR count). The Balaban J connectivity index is 1.78. The lowest BCUT2D eigenvalue weighted by atomic mass is 10.2. The zero-order chi connectivity index (χ0) is 16.2. The number of para-hydroxylation sites is 2. The SMILES string of the molecule is O=C(CN1CCN(c2ccccc2O)CC1)NCC(F)(F)F. The van der Waals surface area contributed by atoms with Crippen LogP contribution in [0.25, 0.3) is 0 Å². The number of amides is 1. The van der Waals surface area contributed by atoms with E-state index in [1.165, 1.54) is 0 Å². The number of rotatable bonds is 4. The molecular formula is C14H18F3N3O2. The van der Waals surface area contributed by atoms with E-state index in [9.17, 15) is 23.1 Å². The molecule has 1 heterocycles. The Morgan fingerprint density at radius 2 is 1.82 bits per heavy atom. The lowest BCUT2D eigenvalue weighted by Crippen LogP contribution is -2.50. The minimum atomic E-state index is -4.39. The monoisotopic (exact) mass is 317 g/mol. The van der Waals surface area contributed by atoms with Gasteiger partial charge in [0.05, 0.1) is 12.2 Å². The topological polar surface area (TPSA) is 55.8 Å². The summed E-state index contributed by atoms with van der Waals surface area (Å²) in [6, 6.07) is 6.97. The summed E-state index contributed by atoms with van der Waals surface area (Å²) in [6.45, 7) is 0.949. The number of nitrogens with one attached hydrogen (secondary N) is 1. The Morgan fingerprint density at radius 1 is 1.18 bits per heavy atom. The lowest BCUT2D eigenvalue weighted by Gasteiger charge is -2.35. The van der Waals surface area contributed by atoms with Crippen molar-refractivity contribution in [2.24, 2.45) is 0 Å². The molecule has 5 nitrogen and oxygen atoms in total. The van der Waals surface area contributed by atoms with E-state index in [1.54, 1.807) is 23.1 Å². The largest absolute Gasteiger partial charge is 0.506 e. The summed E-state index contributed by atoms with van der Waals surface area (Å²) in [5.74, 6) is -0.438. The number of halogens is 3. The Bertz CT molecular complexity index is 514. The molecule has 1 aromatic carbocycles. The van der Waals surface area contributed by atoms with E-state index in [4.69, 9.17) is 0 Å². The van der Waals surface area contributed by atoms with Gasteiger partial charge in [0, 0.05) is 26.2 Å². The van der Waals surface area contributed by atoms with Gasteiger partial charge in [-0.25, -0.2) is 0 Å². The number of phenols is 1. The number of hydrogen-bond acceptors (Lipinski definition) is 4. The van der Waals surface area contributed by atoms with Crippen molar-refractivity contribution in [1.82, 2.24) is 10.2 Å². The average molecular weight is 317 g/mol. The van der Waals surface area contributed by atoms with Gasteiger partial charge in [0.15, 0.2) is 0 Å². The number of carbonyl (C=O) groups is 1. The van der Waals surface area contributed by atoms with Crippen molar-refractivity contribution in [3.05, 3.63) is 24.3 Å². The Labute approximate surface area is 126 Å². The minimum Gasteiger partial charge on any atom is -0.506 e. The minimum absolute atomic E-state index is 0.0509. The molecule has 0 aliphatic carbocycles. The summed E-state index contributed by atoms with van der Waals surface area (Å²) in [6.07, 6.45) is -4.39. The fraction of sp³-hybridized carbons (Fsp3) is 0.500. The van der Waals surface area contributed by atoms with E-state index in [0.29, 0.717) is 26.2 Å². The standard InChI is InChI=1S/C14H18F3N3O2/c15-14(16,17)10-18-13(22)9-19-5-7-20(8-6-19)11-3-1-2-4-12(11)21/h1-4,21H,5-10H2,(H,18,22). The summed E-state index contributed by atoms with van der Waals surface area (Å²) in [4.78, 5) is 15.2. The van der Waals surface area contributed by atoms with Gasteiger partial charge in [-0.3, -0.25) is 9.69 Å². The third kappa shape index (κ3) is 4.80. The molecule has 1 amide bonds. The molecule has 8 heteroatoms. The first-order valence-electron chi connectivity index (χ1n) is 6.94. The fourth-order valence-corrected chi connectivity index (χ4v) is 2.34. The van der Waals surface area contributed by atoms with Gasteiger partial charge in [0.2, 0.25) is 5.91 Å². The molecule has 0 bridgehead atoms. The smallest absolute Gasteiger partial charge is 0.405 e. The number of hydrogen-bond donors (Lipinski definition) is 2. The molecule has 0 atom stereocenters. The quantitative estimate of drug-likeness (QED) is 0.876. The average Bonchev–Trinajstić information content (AvgIpc) is 2.46. The normalized spacial score (nSPS) is 16.6. The maximum Gasteiger partial charge on any atom is 0.405 e. The summed E-state index contributed by atoms with van der Waals surface area (Å²) in [5, 5.41) is 11.7. The van der Waals surface area contributed by atoms with Crippen molar-refractivity contribution in [3.63, 3.8) is 0 Å². The van der Waals surface area contributed by atoms with E-state index in [0.717, 1.165) is 5.69 Å². The van der Waals surface area contributed by atoms with E-state index in [-0.39, 0.29) is 12.3 Å². The van der Waals surface area contributed by atoms with Crippen molar-refractivity contribution < 1.29 is 23.1 Å². The Kier molecular flexibility index (Phi) is 5.12. The van der Waals surface area contributed by atoms with Crippen molar-refractivity contribution >= 4 is 11.6 Å². The van der Waals surface area contributed by atoms with Crippen molar-refractivity contribution in [1.29, 1.82) is 0 Å². The van der Waals surface area contributed by atoms with Crippen LogP contribution in [0.2, 0.25) is 0 Å². The molecule has 0 unspecified atom stereocenters. The third-order valence-corrected chi connectivity index (χ3v) is 3.45. The number of aromatic hydroxyl groups is 1. The highest BCUT2D eigenvalue weighted by Gasteiger charge is 2.28. The van der Waals surface area contributed by atoms with Gasteiger partial charge in [-0.05, 0) is 12.1 Å². The molecule has 0 aromatic heterocycles. The summed E-state index contributed by atoms with van der Waals surface area (Å²) in [5.41, 5.74) is 0.726. The predicted molar refractivity (Wildman–Crippen MR) is 75.8 cm³/mol. The van der Waals surface area contributed by atoms with Crippen LogP contribution in [0, 0.1) is 0 Å². The van der Waals surface area contributed by atoms with Crippen LogP contribution in [0.4, 0.5) is 18.9 Å². The highest BCUT2D eigenvalue weighted by atomic mass is 19.4. The first-order valence-corrected chi connectivity index (χ1v) is 6.94. The number of phenolic OH excluding ortho intramolecular Hbond substituents is 1. The number of carbonyl (C=O) groups excluding carboxylic acids is 1. The van der Waals surface area contributed by atoms with Crippen molar-refractivity contribution in [2.45, 2.75) is 6.18 Å². The van der Waals surface area contributed by atoms with E-state index in [2.05, 4.69) is 0 Å². The molecule has 1 aliphatic rings. The second-order valence-electron chi connectivity index (χ2n) is 5.14. The summed E-state index contributed by atoms with van der Waals surface area (Å²) in [7, 11) is 0. The molecule has 1 aliphatic heterocycles. The van der Waals surface area contributed by atoms with Crippen LogP contribution >= 0.6 is 0 Å². The fourth-order valence-electron chi connectivity index (χ4n) is 2.34. The van der Waals surface area contributed by atoms with Crippen LogP contribution < -0.4 is 10.2 Å². The second-order valence-corrected chi connectivity index (χ2v) is 5.14. The van der Waals surface area contributed by atoms with Gasteiger partial charge >= 0.3 is 6.18 Å². The zero-order valence-electron chi connectivity index (χ0n) is 11.9. The molecule has 1 aromatic rings. The van der Waals surface area contributed by atoms with Gasteiger partial charge in [0.25, 0.3) is 0 Å². The van der Waals surface area contributed by atoms with Crippen molar-refractivity contribution in [2.75, 3.05) is 44.2 Å². The number of benzene rings is 1. The van der Waals surface area contributed by atoms with E-state index >= 15 is 0 Å². The van der Waals surface area contributed by atoms with E-state index in [1.807, 2.05) is 16.3 Å². The molecule has 1 saturated heterocycles. The van der Waals surface area contributed by atoms with Gasteiger partial charge < -0.3 is 15.3 Å². The molecule has 0 spiro atoms. The van der Waals surface area contributed by atoms with Crippen molar-refractivity contribution in [3.8, 4) is 5.75 Å². The molecule has 22 heavy (non-hydrogen) atoms. The van der Waals surface area contributed by atoms with Crippen LogP contribution in [-0.2, 0) is 4.79 Å². The summed E-state index contributed by atoms with van der Waals surface area (Å²) < 4.78 is 36.0. The number of alkyl halides is 3. The Hall–Kier alpha value is -1.96. The van der Waals surface area contributed by atoms with Crippen LogP contribution in [-0.4, -0.2) is 61.4 Å². The highest BCUT2D eigenvalue weighted by Crippen LogP contribution is 2.27. The molecule has 0 radical (unpaired) electrons. The number of anilines is 1. The first kappa shape index (κ1) is 16.4. The Morgan fingerprint density at radius 3 is 2.41 bits per heavy atom. The van der Waals surface area contributed by atoms with Crippen LogP contribution in [0.1, 0.15) is 0 Å². The van der Waals surface area contributed by atoms with Gasteiger partial charge in [-0.1, -0.05) is 12.1 Å². The van der Waals surface area contributed by atoms with Gasteiger partial charge in [-0.15, -0.1) is 0 Å². The van der Waals surface area contributed by atoms with Crippen LogP contribution in [0.3, 0.4) is 0 Å². The molecule has 0 saturated carbocycles. The number of piperazine rings is 1. The summed E-state index contributed by atoms with van der Waals surface area (Å²) >= 11 is 0. The highest BCUT2D eigenvalue weighted by molar-refractivity contribution is 5.78. The number of nitrogens with zero attached hydrogens (tertiary/aromatic N) is 2. The second kappa shape index (κ2) is 6.87. The van der Waals surface area contributed by atoms with Crippen LogP contribution in [0.5, 0.6) is 5.75 Å². The maximum absolute atomic E-state index is 12.0. The maximum atomic E-state index is 12.0. The predicted octanol–water partition coefficient (Wildman–Crippen LogP) is 1.19. The van der Waals surface area contributed by atoms with Gasteiger partial charge in [0.1, 0.15) is 12.3 Å². The molecular weight excluding hydrogens is 299 g/mol.